The molecule has 2 rings (SSSR count). The first kappa shape index (κ1) is 16.3. The van der Waals surface area contributed by atoms with Gasteiger partial charge in [-0.25, -0.2) is 4.79 Å². The lowest BCUT2D eigenvalue weighted by molar-refractivity contribution is -0.115. The second-order valence-corrected chi connectivity index (χ2v) is 6.03. The van der Waals surface area contributed by atoms with E-state index >= 15 is 0 Å². The van der Waals surface area contributed by atoms with E-state index in [0.29, 0.717) is 0 Å². The maximum atomic E-state index is 11.9. The molecule has 0 aliphatic heterocycles. The van der Waals surface area contributed by atoms with Crippen LogP contribution < -0.4 is 16.0 Å². The summed E-state index contributed by atoms with van der Waals surface area (Å²) in [7, 11) is 0. The number of aryl methyl sites for hydroxylation is 2. The summed E-state index contributed by atoms with van der Waals surface area (Å²) in [6.45, 7) is 3.90. The second kappa shape index (κ2) is 7.82. The highest BCUT2D eigenvalue weighted by Crippen LogP contribution is 2.17. The molecule has 3 N–H and O–H groups in total. The maximum Gasteiger partial charge on any atom is 0.315 e. The van der Waals surface area contributed by atoms with Crippen molar-refractivity contribution in [1.29, 1.82) is 0 Å². The highest BCUT2D eigenvalue weighted by molar-refractivity contribution is 5.95. The first-order chi connectivity index (χ1) is 10.5. The average Bonchev–Trinajstić information content (AvgIpc) is 2.50. The zero-order valence-electron chi connectivity index (χ0n) is 13.4. The summed E-state index contributed by atoms with van der Waals surface area (Å²) in [6.07, 6.45) is 5.64. The molecule has 1 fully saturated rings. The van der Waals surface area contributed by atoms with Crippen LogP contribution in [0, 0.1) is 13.8 Å². The highest BCUT2D eigenvalue weighted by atomic mass is 16.2. The predicted octanol–water partition coefficient (Wildman–Crippen LogP) is 2.87. The van der Waals surface area contributed by atoms with Crippen molar-refractivity contribution < 1.29 is 9.59 Å². The molecule has 0 atom stereocenters. The maximum absolute atomic E-state index is 11.9. The average molecular weight is 303 g/mol. The van der Waals surface area contributed by atoms with Crippen LogP contribution in [0.15, 0.2) is 18.2 Å². The van der Waals surface area contributed by atoms with Crippen molar-refractivity contribution >= 4 is 17.6 Å². The van der Waals surface area contributed by atoms with Crippen molar-refractivity contribution in [2.24, 2.45) is 0 Å². The molecule has 1 aliphatic rings. The molecular formula is C17H25N3O2. The topological polar surface area (TPSA) is 70.2 Å². The molecule has 1 saturated carbocycles. The van der Waals surface area contributed by atoms with Crippen LogP contribution in [0.2, 0.25) is 0 Å². The lowest BCUT2D eigenvalue weighted by atomic mass is 9.96. The van der Waals surface area contributed by atoms with Gasteiger partial charge in [0.15, 0.2) is 0 Å². The fraction of sp³-hybridized carbons (Fsp3) is 0.529. The minimum absolute atomic E-state index is 0.0219. The SMILES string of the molecule is Cc1ccc(C)c(NC(=O)CNC(=O)NC2CCCCC2)c1. The summed E-state index contributed by atoms with van der Waals surface area (Å²) < 4.78 is 0. The first-order valence-electron chi connectivity index (χ1n) is 7.96. The number of hydrogen-bond donors (Lipinski definition) is 3. The molecule has 0 saturated heterocycles. The lowest BCUT2D eigenvalue weighted by Crippen LogP contribution is -2.45. The molecule has 1 aliphatic carbocycles. The fourth-order valence-corrected chi connectivity index (χ4v) is 2.71. The zero-order valence-corrected chi connectivity index (χ0v) is 13.4. The molecule has 5 nitrogen and oxygen atoms in total. The van der Waals surface area contributed by atoms with E-state index in [2.05, 4.69) is 16.0 Å². The van der Waals surface area contributed by atoms with Crippen LogP contribution in [0.4, 0.5) is 10.5 Å². The van der Waals surface area contributed by atoms with E-state index < -0.39 is 0 Å². The summed E-state index contributed by atoms with van der Waals surface area (Å²) >= 11 is 0. The third-order valence-corrected chi connectivity index (χ3v) is 4.02. The van der Waals surface area contributed by atoms with Gasteiger partial charge in [0.25, 0.3) is 0 Å². The second-order valence-electron chi connectivity index (χ2n) is 6.03. The van der Waals surface area contributed by atoms with Gasteiger partial charge in [-0.1, -0.05) is 31.4 Å². The minimum atomic E-state index is -0.261. The van der Waals surface area contributed by atoms with Gasteiger partial charge in [-0.3, -0.25) is 4.79 Å². The molecule has 1 aromatic carbocycles. The van der Waals surface area contributed by atoms with Gasteiger partial charge in [0.05, 0.1) is 6.54 Å². The van der Waals surface area contributed by atoms with E-state index in [0.717, 1.165) is 42.5 Å². The summed E-state index contributed by atoms with van der Waals surface area (Å²) in [4.78, 5) is 23.7. The highest BCUT2D eigenvalue weighted by Gasteiger charge is 2.15. The van der Waals surface area contributed by atoms with Crippen molar-refractivity contribution in [3.63, 3.8) is 0 Å². The Labute approximate surface area is 131 Å². The normalized spacial score (nSPS) is 15.2. The molecule has 0 spiro atoms. The molecule has 22 heavy (non-hydrogen) atoms. The monoisotopic (exact) mass is 303 g/mol. The summed E-state index contributed by atoms with van der Waals surface area (Å²) in [6, 6.07) is 5.88. The van der Waals surface area contributed by atoms with E-state index in [-0.39, 0.29) is 24.5 Å². The molecule has 0 unspecified atom stereocenters. The number of anilines is 1. The molecule has 0 heterocycles. The molecule has 120 valence electrons. The number of amides is 3. The Bertz CT molecular complexity index is 537. The van der Waals surface area contributed by atoms with Gasteiger partial charge in [0.1, 0.15) is 0 Å². The number of benzene rings is 1. The van der Waals surface area contributed by atoms with Crippen molar-refractivity contribution in [2.45, 2.75) is 52.0 Å². The van der Waals surface area contributed by atoms with Crippen molar-refractivity contribution in [2.75, 3.05) is 11.9 Å². The van der Waals surface area contributed by atoms with Crippen LogP contribution in [0.5, 0.6) is 0 Å². The number of hydrogen-bond acceptors (Lipinski definition) is 2. The zero-order chi connectivity index (χ0) is 15.9. The third kappa shape index (κ3) is 5.06. The molecular weight excluding hydrogens is 278 g/mol. The minimum Gasteiger partial charge on any atom is -0.335 e. The summed E-state index contributed by atoms with van der Waals surface area (Å²) in [5, 5.41) is 8.38. The quantitative estimate of drug-likeness (QED) is 0.800. The van der Waals surface area contributed by atoms with E-state index in [1.807, 2.05) is 32.0 Å². The van der Waals surface area contributed by atoms with Crippen LogP contribution in [0.3, 0.4) is 0 Å². The van der Waals surface area contributed by atoms with Crippen LogP contribution in [-0.2, 0) is 4.79 Å². The van der Waals surface area contributed by atoms with Gasteiger partial charge in [-0.2, -0.15) is 0 Å². The number of urea groups is 1. The standard InChI is InChI=1S/C17H25N3O2/c1-12-8-9-13(2)15(10-12)20-16(21)11-18-17(22)19-14-6-4-3-5-7-14/h8-10,14H,3-7,11H2,1-2H3,(H,20,21)(H2,18,19,22). The Morgan fingerprint density at radius 2 is 1.86 bits per heavy atom. The molecule has 5 heteroatoms. The number of rotatable bonds is 4. The molecule has 0 radical (unpaired) electrons. The van der Waals surface area contributed by atoms with Gasteiger partial charge in [-0.05, 0) is 43.9 Å². The fourth-order valence-electron chi connectivity index (χ4n) is 2.71. The van der Waals surface area contributed by atoms with E-state index in [1.165, 1.54) is 6.42 Å². The van der Waals surface area contributed by atoms with E-state index in [9.17, 15) is 9.59 Å². The Morgan fingerprint density at radius 3 is 2.59 bits per heavy atom. The molecule has 3 amide bonds. The van der Waals surface area contributed by atoms with Gasteiger partial charge < -0.3 is 16.0 Å². The van der Waals surface area contributed by atoms with Gasteiger partial charge in [0, 0.05) is 11.7 Å². The summed E-state index contributed by atoms with van der Waals surface area (Å²) in [5.74, 6) is -0.215. The number of carbonyl (C=O) groups excluding carboxylic acids is 2. The third-order valence-electron chi connectivity index (χ3n) is 4.02. The van der Waals surface area contributed by atoms with Gasteiger partial charge >= 0.3 is 6.03 Å². The van der Waals surface area contributed by atoms with Crippen molar-refractivity contribution in [3.05, 3.63) is 29.3 Å². The van der Waals surface area contributed by atoms with Crippen LogP contribution >= 0.6 is 0 Å². The van der Waals surface area contributed by atoms with Crippen molar-refractivity contribution in [1.82, 2.24) is 10.6 Å². The van der Waals surface area contributed by atoms with Gasteiger partial charge in [0.2, 0.25) is 5.91 Å². The number of nitrogens with one attached hydrogen (secondary N) is 3. The number of carbonyl (C=O) groups is 2. The predicted molar refractivity (Wildman–Crippen MR) is 88.0 cm³/mol. The van der Waals surface area contributed by atoms with E-state index in [1.54, 1.807) is 0 Å². The largest absolute Gasteiger partial charge is 0.335 e. The Kier molecular flexibility index (Phi) is 5.81. The molecule has 0 aromatic heterocycles. The molecule has 1 aromatic rings. The van der Waals surface area contributed by atoms with Crippen LogP contribution in [0.1, 0.15) is 43.2 Å². The first-order valence-corrected chi connectivity index (χ1v) is 7.96. The van der Waals surface area contributed by atoms with Crippen LogP contribution in [-0.4, -0.2) is 24.5 Å². The Morgan fingerprint density at radius 1 is 1.14 bits per heavy atom. The van der Waals surface area contributed by atoms with Crippen molar-refractivity contribution in [3.8, 4) is 0 Å². The van der Waals surface area contributed by atoms with Crippen LogP contribution in [0.25, 0.3) is 0 Å². The Balaban J connectivity index is 1.75. The summed E-state index contributed by atoms with van der Waals surface area (Å²) in [5.41, 5.74) is 2.88. The lowest BCUT2D eigenvalue weighted by Gasteiger charge is -2.22. The molecule has 0 bridgehead atoms. The Hall–Kier alpha value is -2.04. The van der Waals surface area contributed by atoms with Gasteiger partial charge in [-0.15, -0.1) is 0 Å². The smallest absolute Gasteiger partial charge is 0.315 e. The van der Waals surface area contributed by atoms with E-state index in [4.69, 9.17) is 0 Å².